The van der Waals surface area contributed by atoms with Crippen molar-refractivity contribution in [2.45, 2.75) is 13.5 Å². The topological polar surface area (TPSA) is 89.0 Å². The number of pyridine rings is 1. The average Bonchev–Trinajstić information content (AvgIpc) is 2.53. The molecule has 2 N–H and O–H groups in total. The Bertz CT molecular complexity index is 619. The lowest BCUT2D eigenvalue weighted by molar-refractivity contribution is 0.0945. The molecule has 0 aliphatic rings. The van der Waals surface area contributed by atoms with Crippen molar-refractivity contribution in [3.63, 3.8) is 0 Å². The number of nitrogens with zero attached hydrogens (tertiary/aromatic N) is 3. The normalized spacial score (nSPS) is 10.3. The van der Waals surface area contributed by atoms with E-state index < -0.39 is 0 Å². The molecule has 0 radical (unpaired) electrons. The van der Waals surface area contributed by atoms with Gasteiger partial charge in [-0.15, -0.1) is 0 Å². The van der Waals surface area contributed by atoms with Gasteiger partial charge in [-0.25, -0.2) is 9.97 Å². The molecule has 2 aromatic heterocycles. The van der Waals surface area contributed by atoms with Gasteiger partial charge in [0.15, 0.2) is 0 Å². The summed E-state index contributed by atoms with van der Waals surface area (Å²) < 4.78 is 4.97. The Morgan fingerprint density at radius 3 is 2.95 bits per heavy atom. The van der Waals surface area contributed by atoms with Crippen molar-refractivity contribution in [3.8, 4) is 0 Å². The highest BCUT2D eigenvalue weighted by molar-refractivity contribution is 5.92. The number of aromatic nitrogens is 3. The number of methoxy groups -OCH3 is 1. The lowest BCUT2D eigenvalue weighted by Gasteiger charge is -2.09. The van der Waals surface area contributed by atoms with Gasteiger partial charge in [0.25, 0.3) is 5.91 Å². The summed E-state index contributed by atoms with van der Waals surface area (Å²) in [5.41, 5.74) is 1.26. The fourth-order valence-electron chi connectivity index (χ4n) is 1.83. The van der Waals surface area contributed by atoms with Crippen molar-refractivity contribution < 1.29 is 9.53 Å². The molecule has 7 heteroatoms. The summed E-state index contributed by atoms with van der Waals surface area (Å²) >= 11 is 0. The molecule has 0 fully saturated rings. The van der Waals surface area contributed by atoms with Crippen LogP contribution >= 0.6 is 0 Å². The fraction of sp³-hybridized carbons (Fsp3) is 0.333. The van der Waals surface area contributed by atoms with Crippen LogP contribution < -0.4 is 10.6 Å². The standard InChI is InChI=1S/C15H19N5O2/c1-11-19-13(8-14(20-11)17-6-7-22-2)15(21)18-10-12-4-3-5-16-9-12/h3-5,8-9H,6-7,10H2,1-2H3,(H,18,21)(H,17,19,20). The molecular formula is C15H19N5O2. The molecule has 0 aromatic carbocycles. The first-order valence-electron chi connectivity index (χ1n) is 6.94. The molecule has 0 unspecified atom stereocenters. The Labute approximate surface area is 129 Å². The van der Waals surface area contributed by atoms with E-state index in [1.54, 1.807) is 32.5 Å². The Balaban J connectivity index is 1.99. The quantitative estimate of drug-likeness (QED) is 0.746. The number of rotatable bonds is 7. The van der Waals surface area contributed by atoms with Gasteiger partial charge in [0.2, 0.25) is 0 Å². The monoisotopic (exact) mass is 301 g/mol. The molecule has 0 spiro atoms. The van der Waals surface area contributed by atoms with E-state index in [0.717, 1.165) is 5.56 Å². The zero-order valence-electron chi connectivity index (χ0n) is 12.7. The highest BCUT2D eigenvalue weighted by atomic mass is 16.5. The van der Waals surface area contributed by atoms with Crippen LogP contribution in [0.5, 0.6) is 0 Å². The molecule has 2 rings (SSSR count). The van der Waals surface area contributed by atoms with E-state index >= 15 is 0 Å². The summed E-state index contributed by atoms with van der Waals surface area (Å²) in [6.07, 6.45) is 3.40. The molecule has 7 nitrogen and oxygen atoms in total. The second-order valence-electron chi connectivity index (χ2n) is 4.65. The molecule has 2 aromatic rings. The Morgan fingerprint density at radius 1 is 1.36 bits per heavy atom. The predicted molar refractivity (Wildman–Crippen MR) is 82.5 cm³/mol. The maximum atomic E-state index is 12.2. The molecule has 0 aliphatic carbocycles. The third-order valence-electron chi connectivity index (χ3n) is 2.86. The molecule has 22 heavy (non-hydrogen) atoms. The minimum Gasteiger partial charge on any atom is -0.383 e. The minimum atomic E-state index is -0.246. The lowest BCUT2D eigenvalue weighted by Crippen LogP contribution is -2.24. The zero-order valence-corrected chi connectivity index (χ0v) is 12.7. The number of hydrogen-bond donors (Lipinski definition) is 2. The van der Waals surface area contributed by atoms with Gasteiger partial charge in [0, 0.05) is 38.7 Å². The summed E-state index contributed by atoms with van der Waals surface area (Å²) in [5.74, 6) is 0.897. The number of amides is 1. The van der Waals surface area contributed by atoms with Gasteiger partial charge >= 0.3 is 0 Å². The van der Waals surface area contributed by atoms with Gasteiger partial charge in [-0.3, -0.25) is 9.78 Å². The molecule has 0 saturated carbocycles. The van der Waals surface area contributed by atoms with E-state index in [-0.39, 0.29) is 5.91 Å². The highest BCUT2D eigenvalue weighted by Crippen LogP contribution is 2.07. The second-order valence-corrected chi connectivity index (χ2v) is 4.65. The van der Waals surface area contributed by atoms with Crippen molar-refractivity contribution >= 4 is 11.7 Å². The van der Waals surface area contributed by atoms with Gasteiger partial charge in [-0.1, -0.05) is 6.07 Å². The van der Waals surface area contributed by atoms with Crippen LogP contribution in [0.3, 0.4) is 0 Å². The molecule has 2 heterocycles. The van der Waals surface area contributed by atoms with Gasteiger partial charge in [-0.05, 0) is 18.6 Å². The van der Waals surface area contributed by atoms with Crippen LogP contribution in [-0.2, 0) is 11.3 Å². The molecular weight excluding hydrogens is 282 g/mol. The highest BCUT2D eigenvalue weighted by Gasteiger charge is 2.10. The van der Waals surface area contributed by atoms with Crippen LogP contribution in [0.1, 0.15) is 21.9 Å². The third kappa shape index (κ3) is 4.78. The zero-order chi connectivity index (χ0) is 15.8. The molecule has 0 saturated heterocycles. The van der Waals surface area contributed by atoms with E-state index in [9.17, 15) is 4.79 Å². The molecule has 1 amide bonds. The number of carbonyl (C=O) groups is 1. The predicted octanol–water partition coefficient (Wildman–Crippen LogP) is 1.17. The maximum absolute atomic E-state index is 12.2. The van der Waals surface area contributed by atoms with Crippen LogP contribution in [0.2, 0.25) is 0 Å². The third-order valence-corrected chi connectivity index (χ3v) is 2.86. The van der Waals surface area contributed by atoms with Gasteiger partial charge < -0.3 is 15.4 Å². The van der Waals surface area contributed by atoms with Gasteiger partial charge in [0.1, 0.15) is 17.3 Å². The van der Waals surface area contributed by atoms with E-state index in [0.29, 0.717) is 37.0 Å². The van der Waals surface area contributed by atoms with E-state index in [1.807, 2.05) is 12.1 Å². The number of carbonyl (C=O) groups excluding carboxylic acids is 1. The summed E-state index contributed by atoms with van der Waals surface area (Å²) in [6, 6.07) is 5.35. The summed E-state index contributed by atoms with van der Waals surface area (Å²) in [6.45, 7) is 3.33. The largest absolute Gasteiger partial charge is 0.383 e. The number of ether oxygens (including phenoxy) is 1. The maximum Gasteiger partial charge on any atom is 0.270 e. The molecule has 0 aliphatic heterocycles. The van der Waals surface area contributed by atoms with Crippen LogP contribution in [0.25, 0.3) is 0 Å². The van der Waals surface area contributed by atoms with Crippen LogP contribution in [0.15, 0.2) is 30.6 Å². The smallest absolute Gasteiger partial charge is 0.270 e. The van der Waals surface area contributed by atoms with E-state index in [2.05, 4.69) is 25.6 Å². The molecule has 0 atom stereocenters. The van der Waals surface area contributed by atoms with Gasteiger partial charge in [0.05, 0.1) is 6.61 Å². The van der Waals surface area contributed by atoms with Gasteiger partial charge in [-0.2, -0.15) is 0 Å². The number of nitrogens with one attached hydrogen (secondary N) is 2. The van der Waals surface area contributed by atoms with Crippen LogP contribution in [0, 0.1) is 6.92 Å². The first-order valence-corrected chi connectivity index (χ1v) is 6.94. The first kappa shape index (κ1) is 15.8. The lowest BCUT2D eigenvalue weighted by atomic mass is 10.3. The van der Waals surface area contributed by atoms with Crippen molar-refractivity contribution in [2.75, 3.05) is 25.6 Å². The summed E-state index contributed by atoms with van der Waals surface area (Å²) in [4.78, 5) is 24.6. The number of anilines is 1. The van der Waals surface area contributed by atoms with Crippen molar-refractivity contribution in [1.82, 2.24) is 20.3 Å². The van der Waals surface area contributed by atoms with Crippen molar-refractivity contribution in [2.24, 2.45) is 0 Å². The second kappa shape index (κ2) is 8.04. The van der Waals surface area contributed by atoms with Crippen molar-refractivity contribution in [1.29, 1.82) is 0 Å². The number of aryl methyl sites for hydroxylation is 1. The minimum absolute atomic E-state index is 0.246. The molecule has 116 valence electrons. The first-order chi connectivity index (χ1) is 10.7. The summed E-state index contributed by atoms with van der Waals surface area (Å²) in [5, 5.41) is 5.90. The Hall–Kier alpha value is -2.54. The van der Waals surface area contributed by atoms with E-state index in [4.69, 9.17) is 4.74 Å². The fourth-order valence-corrected chi connectivity index (χ4v) is 1.83. The van der Waals surface area contributed by atoms with Crippen molar-refractivity contribution in [3.05, 3.63) is 47.7 Å². The average molecular weight is 301 g/mol. The van der Waals surface area contributed by atoms with E-state index in [1.165, 1.54) is 0 Å². The number of hydrogen-bond acceptors (Lipinski definition) is 6. The SMILES string of the molecule is COCCNc1cc(C(=O)NCc2cccnc2)nc(C)n1. The van der Waals surface area contributed by atoms with Crippen LogP contribution in [0.4, 0.5) is 5.82 Å². The Kier molecular flexibility index (Phi) is 5.79. The summed E-state index contributed by atoms with van der Waals surface area (Å²) in [7, 11) is 1.63. The Morgan fingerprint density at radius 2 is 2.23 bits per heavy atom. The van der Waals surface area contributed by atoms with Crippen LogP contribution in [-0.4, -0.2) is 41.1 Å². The molecule has 0 bridgehead atoms.